The minimum Gasteiger partial charge on any atom is -0.378 e. The molecule has 2 aromatic heterocycles. The van der Waals surface area contributed by atoms with Gasteiger partial charge in [-0.3, -0.25) is 4.79 Å². The van der Waals surface area contributed by atoms with Crippen LogP contribution in [-0.4, -0.2) is 52.2 Å². The van der Waals surface area contributed by atoms with Gasteiger partial charge in [0.2, 0.25) is 0 Å². The van der Waals surface area contributed by atoms with Crippen molar-refractivity contribution < 1.29 is 9.53 Å². The molecule has 1 saturated heterocycles. The number of hydrogen-bond donors (Lipinski definition) is 1. The zero-order valence-corrected chi connectivity index (χ0v) is 15.7. The van der Waals surface area contributed by atoms with E-state index in [-0.39, 0.29) is 5.91 Å². The van der Waals surface area contributed by atoms with E-state index in [0.717, 1.165) is 30.2 Å². The number of para-hydroxylation sites is 1. The first-order chi connectivity index (χ1) is 13.7. The van der Waals surface area contributed by atoms with Crippen molar-refractivity contribution in [2.75, 3.05) is 31.2 Å². The molecule has 3 aromatic rings. The van der Waals surface area contributed by atoms with E-state index in [0.29, 0.717) is 31.1 Å². The quantitative estimate of drug-likeness (QED) is 0.728. The van der Waals surface area contributed by atoms with Gasteiger partial charge in [-0.2, -0.15) is 9.90 Å². The summed E-state index contributed by atoms with van der Waals surface area (Å²) in [6.07, 6.45) is 1.77. The van der Waals surface area contributed by atoms with E-state index in [1.807, 2.05) is 42.5 Å². The lowest BCUT2D eigenvalue weighted by molar-refractivity contribution is 0.0945. The fraction of sp³-hybridized carbons (Fsp3) is 0.300. The fourth-order valence-electron chi connectivity index (χ4n) is 3.07. The molecular formula is C20H22N6O2. The molecule has 144 valence electrons. The molecule has 0 bridgehead atoms. The summed E-state index contributed by atoms with van der Waals surface area (Å²) in [4.78, 5) is 20.7. The van der Waals surface area contributed by atoms with Gasteiger partial charge in [-0.05, 0) is 36.8 Å². The van der Waals surface area contributed by atoms with Gasteiger partial charge in [0, 0.05) is 25.8 Å². The SMILES string of the molecule is Cc1nn(-c2ccccc2)nc1C(=O)NCc1ccnc(N2CCOCC2)c1. The van der Waals surface area contributed by atoms with Crippen molar-refractivity contribution in [1.82, 2.24) is 25.3 Å². The molecular weight excluding hydrogens is 356 g/mol. The first-order valence-electron chi connectivity index (χ1n) is 9.26. The number of morpholine rings is 1. The van der Waals surface area contributed by atoms with Crippen molar-refractivity contribution in [3.05, 3.63) is 65.6 Å². The number of aryl methyl sites for hydroxylation is 1. The van der Waals surface area contributed by atoms with Gasteiger partial charge in [-0.1, -0.05) is 18.2 Å². The number of pyridine rings is 1. The molecule has 1 amide bonds. The average molecular weight is 378 g/mol. The number of hydrogen-bond acceptors (Lipinski definition) is 6. The molecule has 3 heterocycles. The smallest absolute Gasteiger partial charge is 0.274 e. The maximum absolute atomic E-state index is 12.6. The highest BCUT2D eigenvalue weighted by molar-refractivity contribution is 5.93. The Labute approximate surface area is 163 Å². The summed E-state index contributed by atoms with van der Waals surface area (Å²) in [6.45, 7) is 5.24. The van der Waals surface area contributed by atoms with Gasteiger partial charge >= 0.3 is 0 Å². The largest absolute Gasteiger partial charge is 0.378 e. The van der Waals surface area contributed by atoms with Crippen molar-refractivity contribution in [3.63, 3.8) is 0 Å². The van der Waals surface area contributed by atoms with Crippen molar-refractivity contribution >= 4 is 11.7 Å². The molecule has 1 aliphatic rings. The lowest BCUT2D eigenvalue weighted by Gasteiger charge is -2.28. The molecule has 8 heteroatoms. The third-order valence-corrected chi connectivity index (χ3v) is 4.58. The second kappa shape index (κ2) is 8.18. The van der Waals surface area contributed by atoms with Crippen LogP contribution in [0.2, 0.25) is 0 Å². The normalized spacial score (nSPS) is 14.1. The lowest BCUT2D eigenvalue weighted by atomic mass is 10.2. The van der Waals surface area contributed by atoms with Gasteiger partial charge in [0.15, 0.2) is 5.69 Å². The Morgan fingerprint density at radius 3 is 2.71 bits per heavy atom. The monoisotopic (exact) mass is 378 g/mol. The summed E-state index contributed by atoms with van der Waals surface area (Å²) in [6, 6.07) is 13.4. The van der Waals surface area contributed by atoms with E-state index in [9.17, 15) is 4.79 Å². The second-order valence-electron chi connectivity index (χ2n) is 6.56. The van der Waals surface area contributed by atoms with Crippen molar-refractivity contribution in [2.24, 2.45) is 0 Å². The van der Waals surface area contributed by atoms with Gasteiger partial charge in [0.05, 0.1) is 24.6 Å². The van der Waals surface area contributed by atoms with E-state index >= 15 is 0 Å². The fourth-order valence-corrected chi connectivity index (χ4v) is 3.07. The Bertz CT molecular complexity index is 950. The summed E-state index contributed by atoms with van der Waals surface area (Å²) in [5.74, 6) is 0.658. The molecule has 0 saturated carbocycles. The Kier molecular flexibility index (Phi) is 5.29. The number of nitrogens with one attached hydrogen (secondary N) is 1. The molecule has 0 atom stereocenters. The molecule has 8 nitrogen and oxygen atoms in total. The van der Waals surface area contributed by atoms with Gasteiger partial charge in [-0.25, -0.2) is 4.98 Å². The van der Waals surface area contributed by atoms with Crippen LogP contribution in [0.25, 0.3) is 5.69 Å². The number of anilines is 1. The third kappa shape index (κ3) is 4.01. The number of benzene rings is 1. The summed E-state index contributed by atoms with van der Waals surface area (Å²) in [7, 11) is 0. The summed E-state index contributed by atoms with van der Waals surface area (Å²) < 4.78 is 5.38. The molecule has 0 radical (unpaired) electrons. The van der Waals surface area contributed by atoms with Crippen molar-refractivity contribution in [2.45, 2.75) is 13.5 Å². The predicted molar refractivity (Wildman–Crippen MR) is 105 cm³/mol. The van der Waals surface area contributed by atoms with Gasteiger partial charge in [0.1, 0.15) is 5.82 Å². The molecule has 28 heavy (non-hydrogen) atoms. The van der Waals surface area contributed by atoms with Crippen LogP contribution in [0.1, 0.15) is 21.7 Å². The van der Waals surface area contributed by atoms with Gasteiger partial charge in [-0.15, -0.1) is 5.10 Å². The first kappa shape index (κ1) is 18.1. The van der Waals surface area contributed by atoms with Gasteiger partial charge in [0.25, 0.3) is 5.91 Å². The first-order valence-corrected chi connectivity index (χ1v) is 9.26. The zero-order chi connectivity index (χ0) is 19.3. The van der Waals surface area contributed by atoms with Crippen molar-refractivity contribution in [3.8, 4) is 5.69 Å². The highest BCUT2D eigenvalue weighted by Gasteiger charge is 2.17. The minimum atomic E-state index is -0.246. The van der Waals surface area contributed by atoms with Gasteiger partial charge < -0.3 is 15.0 Å². The number of carbonyl (C=O) groups excluding carboxylic acids is 1. The lowest BCUT2D eigenvalue weighted by Crippen LogP contribution is -2.36. The van der Waals surface area contributed by atoms with Crippen LogP contribution in [0.5, 0.6) is 0 Å². The van der Waals surface area contributed by atoms with E-state index in [1.54, 1.807) is 13.1 Å². The Balaban J connectivity index is 1.43. The molecule has 1 fully saturated rings. The second-order valence-corrected chi connectivity index (χ2v) is 6.56. The zero-order valence-electron chi connectivity index (χ0n) is 15.7. The number of nitrogens with zero attached hydrogens (tertiary/aromatic N) is 5. The molecule has 1 aromatic carbocycles. The third-order valence-electron chi connectivity index (χ3n) is 4.58. The van der Waals surface area contributed by atoms with Crippen LogP contribution in [0.3, 0.4) is 0 Å². The van der Waals surface area contributed by atoms with Crippen molar-refractivity contribution in [1.29, 1.82) is 0 Å². The molecule has 0 spiro atoms. The highest BCUT2D eigenvalue weighted by Crippen LogP contribution is 2.14. The Morgan fingerprint density at radius 1 is 1.14 bits per heavy atom. The van der Waals surface area contributed by atoms with Crippen LogP contribution >= 0.6 is 0 Å². The van der Waals surface area contributed by atoms with Crippen LogP contribution in [0.4, 0.5) is 5.82 Å². The minimum absolute atomic E-state index is 0.246. The predicted octanol–water partition coefficient (Wildman–Crippen LogP) is 1.74. The Hall–Kier alpha value is -3.26. The average Bonchev–Trinajstić information content (AvgIpc) is 3.15. The van der Waals surface area contributed by atoms with Crippen LogP contribution in [0.15, 0.2) is 48.7 Å². The number of aromatic nitrogens is 4. The number of ether oxygens (including phenoxy) is 1. The molecule has 4 rings (SSSR count). The number of amides is 1. The molecule has 1 aliphatic heterocycles. The maximum Gasteiger partial charge on any atom is 0.274 e. The topological polar surface area (TPSA) is 85.2 Å². The number of carbonyl (C=O) groups is 1. The maximum atomic E-state index is 12.6. The molecule has 0 aliphatic carbocycles. The molecule has 0 unspecified atom stereocenters. The highest BCUT2D eigenvalue weighted by atomic mass is 16.5. The standard InChI is InChI=1S/C20H22N6O2/c1-15-19(24-26(23-15)17-5-3-2-4-6-17)20(27)22-14-16-7-8-21-18(13-16)25-9-11-28-12-10-25/h2-8,13H,9-12,14H2,1H3,(H,22,27). The summed E-state index contributed by atoms with van der Waals surface area (Å²) in [5, 5.41) is 11.6. The van der Waals surface area contributed by atoms with Crippen LogP contribution in [-0.2, 0) is 11.3 Å². The van der Waals surface area contributed by atoms with E-state index in [4.69, 9.17) is 4.74 Å². The van der Waals surface area contributed by atoms with Crippen LogP contribution < -0.4 is 10.2 Å². The summed E-state index contributed by atoms with van der Waals surface area (Å²) in [5.41, 5.74) is 2.71. The summed E-state index contributed by atoms with van der Waals surface area (Å²) >= 11 is 0. The van der Waals surface area contributed by atoms with Crippen LogP contribution in [0, 0.1) is 6.92 Å². The number of rotatable bonds is 5. The van der Waals surface area contributed by atoms with E-state index < -0.39 is 0 Å². The Morgan fingerprint density at radius 2 is 1.93 bits per heavy atom. The van der Waals surface area contributed by atoms with E-state index in [2.05, 4.69) is 25.4 Å². The molecule has 1 N–H and O–H groups in total. The van der Waals surface area contributed by atoms with E-state index in [1.165, 1.54) is 4.80 Å².